The number of aliphatic carboxylic acids is 1. The quantitative estimate of drug-likeness (QED) is 0.626. The average Bonchev–Trinajstić information content (AvgIpc) is 3.06. The van der Waals surface area contributed by atoms with Crippen molar-refractivity contribution in [2.24, 2.45) is 5.16 Å². The minimum Gasteiger partial charge on any atom is -0.477 e. The predicted molar refractivity (Wildman–Crippen MR) is 74.4 cm³/mol. The number of halogens is 3. The lowest BCUT2D eigenvalue weighted by Crippen LogP contribution is -2.29. The lowest BCUT2D eigenvalue weighted by molar-refractivity contribution is -0.167. The van der Waals surface area contributed by atoms with E-state index in [1.54, 1.807) is 10.7 Å². The maximum absolute atomic E-state index is 12.2. The Hall–Kier alpha value is -2.17. The molecule has 1 saturated carbocycles. The van der Waals surface area contributed by atoms with E-state index in [0.717, 1.165) is 17.8 Å². The summed E-state index contributed by atoms with van der Waals surface area (Å²) in [5.74, 6) is -3.54. The van der Waals surface area contributed by atoms with Crippen molar-refractivity contribution in [3.8, 4) is 0 Å². The third-order valence-electron chi connectivity index (χ3n) is 3.19. The molecule has 126 valence electrons. The second-order valence-corrected chi connectivity index (χ2v) is 5.64. The van der Waals surface area contributed by atoms with Gasteiger partial charge in [0.1, 0.15) is 6.10 Å². The molecule has 0 saturated heterocycles. The number of anilines is 1. The molecular formula is C12H12F3N3O4S. The molecule has 2 atom stereocenters. The number of hydrogen-bond donors (Lipinski definition) is 2. The van der Waals surface area contributed by atoms with E-state index in [4.69, 9.17) is 9.94 Å². The Labute approximate surface area is 132 Å². The van der Waals surface area contributed by atoms with Crippen LogP contribution in [0.15, 0.2) is 10.5 Å². The van der Waals surface area contributed by atoms with Crippen molar-refractivity contribution < 1.29 is 32.7 Å². The normalized spacial score (nSPS) is 21.5. The van der Waals surface area contributed by atoms with Gasteiger partial charge in [0.2, 0.25) is 0 Å². The Balaban J connectivity index is 2.01. The summed E-state index contributed by atoms with van der Waals surface area (Å²) in [4.78, 5) is 30.3. The minimum absolute atomic E-state index is 0.151. The highest BCUT2D eigenvalue weighted by atomic mass is 32.1. The summed E-state index contributed by atoms with van der Waals surface area (Å²) in [5.41, 5.74) is 0.487. The fraction of sp³-hybridized carbons (Fsp3) is 0.500. The van der Waals surface area contributed by atoms with Crippen molar-refractivity contribution in [1.29, 1.82) is 0 Å². The number of carbonyl (C=O) groups excluding carboxylic acids is 1. The second-order valence-electron chi connectivity index (χ2n) is 4.78. The van der Waals surface area contributed by atoms with Crippen LogP contribution in [-0.2, 0) is 14.4 Å². The van der Waals surface area contributed by atoms with E-state index in [-0.39, 0.29) is 11.0 Å². The van der Waals surface area contributed by atoms with Gasteiger partial charge in [-0.2, -0.15) is 13.2 Å². The van der Waals surface area contributed by atoms with Gasteiger partial charge in [-0.1, -0.05) is 5.16 Å². The summed E-state index contributed by atoms with van der Waals surface area (Å²) in [6, 6.07) is 0. The highest BCUT2D eigenvalue weighted by Crippen LogP contribution is 2.38. The third kappa shape index (κ3) is 4.65. The molecule has 0 aliphatic heterocycles. The maximum Gasteiger partial charge on any atom is 0.471 e. The number of hydrogen-bond acceptors (Lipinski definition) is 6. The van der Waals surface area contributed by atoms with Crippen LogP contribution in [-0.4, -0.2) is 40.5 Å². The van der Waals surface area contributed by atoms with E-state index < -0.39 is 24.2 Å². The molecule has 1 amide bonds. The first kappa shape index (κ1) is 17.2. The van der Waals surface area contributed by atoms with E-state index in [2.05, 4.69) is 10.1 Å². The molecule has 0 radical (unpaired) electrons. The number of thiazole rings is 1. The molecule has 7 nitrogen and oxygen atoms in total. The number of carbonyl (C=O) groups is 2. The zero-order valence-corrected chi connectivity index (χ0v) is 12.4. The summed E-state index contributed by atoms with van der Waals surface area (Å²) in [7, 11) is 0. The number of carboxylic acid groups (broad SMARTS) is 1. The van der Waals surface area contributed by atoms with Crippen LogP contribution in [0.4, 0.5) is 18.3 Å². The number of amides is 1. The van der Waals surface area contributed by atoms with Gasteiger partial charge in [0.05, 0.1) is 5.69 Å². The fourth-order valence-electron chi connectivity index (χ4n) is 2.23. The summed E-state index contributed by atoms with van der Waals surface area (Å²) < 4.78 is 36.6. The first-order valence-electron chi connectivity index (χ1n) is 6.53. The molecule has 1 fully saturated rings. The van der Waals surface area contributed by atoms with Gasteiger partial charge in [0.15, 0.2) is 11.3 Å². The maximum atomic E-state index is 12.2. The highest BCUT2D eigenvalue weighted by Gasteiger charge is 2.39. The molecule has 2 rings (SSSR count). The number of nitrogens with one attached hydrogen (secondary N) is 1. The van der Waals surface area contributed by atoms with Gasteiger partial charge in [-0.05, 0) is 19.3 Å². The number of alkyl halides is 3. The topological polar surface area (TPSA) is 101 Å². The van der Waals surface area contributed by atoms with Crippen LogP contribution in [0.3, 0.4) is 0 Å². The average molecular weight is 351 g/mol. The Morgan fingerprint density at radius 3 is 2.87 bits per heavy atom. The molecule has 0 aromatic carbocycles. The van der Waals surface area contributed by atoms with Crippen LogP contribution >= 0.6 is 11.3 Å². The van der Waals surface area contributed by atoms with Crippen molar-refractivity contribution in [3.63, 3.8) is 0 Å². The molecule has 1 aliphatic rings. The van der Waals surface area contributed by atoms with Crippen LogP contribution in [0.2, 0.25) is 0 Å². The zero-order chi connectivity index (χ0) is 17.0. The Morgan fingerprint density at radius 1 is 1.48 bits per heavy atom. The fourth-order valence-corrected chi connectivity index (χ4v) is 3.00. The van der Waals surface area contributed by atoms with Crippen LogP contribution in [0, 0.1) is 0 Å². The first-order chi connectivity index (χ1) is 10.8. The standard InChI is InChI=1S/C12H12F3N3O4S/c13-12(14,15)10(21)18-11-17-7(5-23-11)6-2-1-3-8(6)22-16-4-9(19)20/h4-6,8H,1-3H2,(H,19,20)(H,17,18,21). The Morgan fingerprint density at radius 2 is 2.22 bits per heavy atom. The summed E-state index contributed by atoms with van der Waals surface area (Å²) in [5, 5.41) is 14.9. The van der Waals surface area contributed by atoms with Crippen molar-refractivity contribution in [3.05, 3.63) is 11.1 Å². The van der Waals surface area contributed by atoms with Crippen molar-refractivity contribution in [1.82, 2.24) is 4.98 Å². The first-order valence-corrected chi connectivity index (χ1v) is 7.41. The van der Waals surface area contributed by atoms with E-state index in [1.165, 1.54) is 0 Å². The van der Waals surface area contributed by atoms with Gasteiger partial charge in [0.25, 0.3) is 0 Å². The molecule has 0 spiro atoms. The molecule has 2 unspecified atom stereocenters. The lowest BCUT2D eigenvalue weighted by Gasteiger charge is -2.15. The third-order valence-corrected chi connectivity index (χ3v) is 3.97. The minimum atomic E-state index is -4.98. The predicted octanol–water partition coefficient (Wildman–Crippen LogP) is 2.37. The Kier molecular flexibility index (Phi) is 5.19. The molecular weight excluding hydrogens is 339 g/mol. The Bertz CT molecular complexity index is 617. The number of oxime groups is 1. The SMILES string of the molecule is O=C(O)C=NOC1CCCC1c1csc(NC(=O)C(F)(F)F)n1. The highest BCUT2D eigenvalue weighted by molar-refractivity contribution is 7.13. The molecule has 1 aromatic rings. The van der Waals surface area contributed by atoms with Crippen molar-refractivity contribution >= 4 is 34.6 Å². The number of rotatable bonds is 5. The van der Waals surface area contributed by atoms with Gasteiger partial charge in [-0.3, -0.25) is 10.1 Å². The molecule has 23 heavy (non-hydrogen) atoms. The van der Waals surface area contributed by atoms with E-state index in [1.807, 2.05) is 0 Å². The molecule has 1 heterocycles. The van der Waals surface area contributed by atoms with Crippen LogP contribution < -0.4 is 5.32 Å². The molecule has 2 N–H and O–H groups in total. The van der Waals surface area contributed by atoms with Gasteiger partial charge < -0.3 is 9.94 Å². The van der Waals surface area contributed by atoms with Crippen LogP contribution in [0.5, 0.6) is 0 Å². The smallest absolute Gasteiger partial charge is 0.471 e. The molecule has 0 bridgehead atoms. The molecule has 1 aromatic heterocycles. The lowest BCUT2D eigenvalue weighted by atomic mass is 10.0. The van der Waals surface area contributed by atoms with Crippen LogP contribution in [0.25, 0.3) is 0 Å². The monoisotopic (exact) mass is 351 g/mol. The number of nitrogens with zero attached hydrogens (tertiary/aromatic N) is 2. The van der Waals surface area contributed by atoms with E-state index in [0.29, 0.717) is 24.8 Å². The summed E-state index contributed by atoms with van der Waals surface area (Å²) >= 11 is 0.880. The second kappa shape index (κ2) is 6.94. The van der Waals surface area contributed by atoms with Crippen molar-refractivity contribution in [2.45, 2.75) is 37.5 Å². The van der Waals surface area contributed by atoms with Gasteiger partial charge in [-0.25, -0.2) is 9.78 Å². The summed E-state index contributed by atoms with van der Waals surface area (Å²) in [6.45, 7) is 0. The van der Waals surface area contributed by atoms with E-state index >= 15 is 0 Å². The van der Waals surface area contributed by atoms with E-state index in [9.17, 15) is 22.8 Å². The van der Waals surface area contributed by atoms with Gasteiger partial charge in [-0.15, -0.1) is 11.3 Å². The summed E-state index contributed by atoms with van der Waals surface area (Å²) in [6.07, 6.45) is -2.66. The van der Waals surface area contributed by atoms with Crippen molar-refractivity contribution in [2.75, 3.05) is 5.32 Å². The number of aromatic nitrogens is 1. The number of carboxylic acids is 1. The van der Waals surface area contributed by atoms with Gasteiger partial charge in [0, 0.05) is 11.3 Å². The van der Waals surface area contributed by atoms with Gasteiger partial charge >= 0.3 is 18.1 Å². The van der Waals surface area contributed by atoms with Crippen LogP contribution in [0.1, 0.15) is 30.9 Å². The molecule has 1 aliphatic carbocycles. The largest absolute Gasteiger partial charge is 0.477 e. The molecule has 11 heteroatoms. The zero-order valence-electron chi connectivity index (χ0n) is 11.5.